The lowest BCUT2D eigenvalue weighted by Crippen LogP contribution is -2.30. The molecule has 20 heavy (non-hydrogen) atoms. The highest BCUT2D eigenvalue weighted by Gasteiger charge is 2.32. The Morgan fingerprint density at radius 2 is 2.35 bits per heavy atom. The minimum absolute atomic E-state index is 0.191. The maximum absolute atomic E-state index is 10.1. The third-order valence-corrected chi connectivity index (χ3v) is 3.55. The fourth-order valence-electron chi connectivity index (χ4n) is 2.47. The van der Waals surface area contributed by atoms with Gasteiger partial charge in [0.15, 0.2) is 5.75 Å². The van der Waals surface area contributed by atoms with Gasteiger partial charge in [-0.25, -0.2) is 0 Å². The van der Waals surface area contributed by atoms with E-state index in [2.05, 4.69) is 20.2 Å². The second-order valence-electron chi connectivity index (χ2n) is 5.19. The van der Waals surface area contributed by atoms with Crippen LogP contribution in [0.15, 0.2) is 24.8 Å². The molecule has 0 amide bonds. The zero-order valence-electron chi connectivity index (χ0n) is 11.4. The van der Waals surface area contributed by atoms with Crippen LogP contribution in [0.4, 0.5) is 0 Å². The van der Waals surface area contributed by atoms with Crippen LogP contribution in [-0.4, -0.2) is 61.8 Å². The van der Waals surface area contributed by atoms with E-state index in [1.807, 2.05) is 19.4 Å². The third kappa shape index (κ3) is 3.00. The molecule has 1 aliphatic rings. The summed E-state index contributed by atoms with van der Waals surface area (Å²) in [6.07, 6.45) is 7.47. The van der Waals surface area contributed by atoms with Crippen LogP contribution >= 0.6 is 0 Å². The second kappa shape index (κ2) is 5.64. The maximum Gasteiger partial charge on any atom is 0.157 e. The predicted molar refractivity (Wildman–Crippen MR) is 72.4 cm³/mol. The van der Waals surface area contributed by atoms with Gasteiger partial charge < -0.3 is 9.84 Å². The highest BCUT2D eigenvalue weighted by Crippen LogP contribution is 2.18. The van der Waals surface area contributed by atoms with E-state index in [4.69, 9.17) is 4.74 Å². The molecule has 7 nitrogen and oxygen atoms in total. The van der Waals surface area contributed by atoms with Crippen molar-refractivity contribution in [3.63, 3.8) is 0 Å². The minimum Gasteiger partial charge on any atom is -0.483 e. The first-order valence-corrected chi connectivity index (χ1v) is 6.74. The van der Waals surface area contributed by atoms with E-state index in [9.17, 15) is 5.11 Å². The summed E-state index contributed by atoms with van der Waals surface area (Å²) >= 11 is 0. The van der Waals surface area contributed by atoms with Gasteiger partial charge in [-0.15, -0.1) is 0 Å². The van der Waals surface area contributed by atoms with Gasteiger partial charge in [0.25, 0.3) is 0 Å². The van der Waals surface area contributed by atoms with Gasteiger partial charge >= 0.3 is 0 Å². The van der Waals surface area contributed by atoms with E-state index in [1.54, 1.807) is 17.1 Å². The summed E-state index contributed by atoms with van der Waals surface area (Å²) in [5.41, 5.74) is 1.18. The van der Waals surface area contributed by atoms with E-state index in [0.29, 0.717) is 12.3 Å². The fraction of sp³-hybridized carbons (Fsp3) is 0.538. The molecule has 3 rings (SSSR count). The van der Waals surface area contributed by atoms with Crippen LogP contribution in [0.25, 0.3) is 0 Å². The van der Waals surface area contributed by atoms with Crippen molar-refractivity contribution in [3.8, 4) is 5.75 Å². The van der Waals surface area contributed by atoms with Crippen LogP contribution in [0.5, 0.6) is 5.75 Å². The molecule has 7 heteroatoms. The van der Waals surface area contributed by atoms with Crippen molar-refractivity contribution in [2.75, 3.05) is 19.6 Å². The van der Waals surface area contributed by atoms with Crippen LogP contribution in [0, 0.1) is 0 Å². The first-order chi connectivity index (χ1) is 9.70. The normalized spacial score (nSPS) is 23.3. The summed E-state index contributed by atoms with van der Waals surface area (Å²) < 4.78 is 7.47. The summed E-state index contributed by atoms with van der Waals surface area (Å²) in [6.45, 7) is 2.26. The first kappa shape index (κ1) is 13.1. The molecule has 0 aromatic carbocycles. The number of aromatic nitrogens is 4. The molecule has 0 bridgehead atoms. The van der Waals surface area contributed by atoms with Gasteiger partial charge in [0.2, 0.25) is 0 Å². The van der Waals surface area contributed by atoms with Crippen LogP contribution in [0.3, 0.4) is 0 Å². The number of nitrogens with zero attached hydrogens (tertiary/aromatic N) is 4. The molecule has 1 fully saturated rings. The van der Waals surface area contributed by atoms with E-state index in [-0.39, 0.29) is 6.10 Å². The molecule has 0 spiro atoms. The largest absolute Gasteiger partial charge is 0.483 e. The van der Waals surface area contributed by atoms with E-state index < -0.39 is 6.10 Å². The molecule has 2 aromatic rings. The molecule has 3 heterocycles. The van der Waals surface area contributed by atoms with Gasteiger partial charge in [-0.1, -0.05) is 0 Å². The van der Waals surface area contributed by atoms with Gasteiger partial charge in [-0.3, -0.25) is 14.7 Å². The summed E-state index contributed by atoms with van der Waals surface area (Å²) in [7, 11) is 1.84. The zero-order chi connectivity index (χ0) is 13.9. The summed E-state index contributed by atoms with van der Waals surface area (Å²) in [5.74, 6) is 0.702. The number of nitrogens with one attached hydrogen (secondary N) is 1. The highest BCUT2D eigenvalue weighted by molar-refractivity contribution is 5.13. The van der Waals surface area contributed by atoms with Crippen molar-refractivity contribution >= 4 is 0 Å². The third-order valence-electron chi connectivity index (χ3n) is 3.55. The van der Waals surface area contributed by atoms with Crippen molar-refractivity contribution < 1.29 is 9.84 Å². The first-order valence-electron chi connectivity index (χ1n) is 6.74. The molecule has 2 atom stereocenters. The van der Waals surface area contributed by atoms with Crippen LogP contribution in [0.2, 0.25) is 0 Å². The van der Waals surface area contributed by atoms with Gasteiger partial charge in [-0.05, 0) is 12.0 Å². The Hall–Kier alpha value is -1.86. The average molecular weight is 277 g/mol. The number of aliphatic hydroxyl groups is 1. The van der Waals surface area contributed by atoms with Crippen LogP contribution in [-0.2, 0) is 13.5 Å². The number of aryl methyl sites for hydroxylation is 1. The molecule has 0 aliphatic carbocycles. The number of hydrogen-bond acceptors (Lipinski definition) is 5. The standard InChI is InChI=1S/C13H19N5O2/c1-17-7-11(6-16-17)20-13-9-18(8-12(13)19)3-2-10-4-14-15-5-10/h4-7,12-13,19H,2-3,8-9H2,1H3,(H,14,15)/t12-,13-/m1/s1. The molecule has 2 N–H and O–H groups in total. The number of hydrogen-bond donors (Lipinski definition) is 2. The Bertz CT molecular complexity index is 539. The van der Waals surface area contributed by atoms with Gasteiger partial charge in [0, 0.05) is 32.9 Å². The van der Waals surface area contributed by atoms with E-state index in [0.717, 1.165) is 19.5 Å². The molecule has 0 radical (unpaired) electrons. The fourth-order valence-corrected chi connectivity index (χ4v) is 2.47. The summed E-state index contributed by atoms with van der Waals surface area (Å²) in [4.78, 5) is 2.21. The Labute approximate surface area is 117 Å². The monoisotopic (exact) mass is 277 g/mol. The van der Waals surface area contributed by atoms with Gasteiger partial charge in [0.05, 0.1) is 18.6 Å². The number of ether oxygens (including phenoxy) is 1. The number of aliphatic hydroxyl groups excluding tert-OH is 1. The lowest BCUT2D eigenvalue weighted by atomic mass is 10.2. The van der Waals surface area contributed by atoms with Crippen molar-refractivity contribution in [3.05, 3.63) is 30.4 Å². The quantitative estimate of drug-likeness (QED) is 0.792. The Morgan fingerprint density at radius 1 is 1.45 bits per heavy atom. The zero-order valence-corrected chi connectivity index (χ0v) is 11.4. The smallest absolute Gasteiger partial charge is 0.157 e. The van der Waals surface area contributed by atoms with Crippen molar-refractivity contribution in [1.29, 1.82) is 0 Å². The van der Waals surface area contributed by atoms with Crippen molar-refractivity contribution in [2.45, 2.75) is 18.6 Å². The Morgan fingerprint density at radius 3 is 3.05 bits per heavy atom. The number of likely N-dealkylation sites (tertiary alicyclic amines) is 1. The number of rotatable bonds is 5. The number of H-pyrrole nitrogens is 1. The lowest BCUT2D eigenvalue weighted by molar-refractivity contribution is 0.0736. The number of aromatic amines is 1. The van der Waals surface area contributed by atoms with E-state index in [1.165, 1.54) is 5.56 Å². The average Bonchev–Trinajstić information content (AvgIpc) is 3.11. The Balaban J connectivity index is 1.51. The second-order valence-corrected chi connectivity index (χ2v) is 5.19. The maximum atomic E-state index is 10.1. The van der Waals surface area contributed by atoms with Gasteiger partial charge in [0.1, 0.15) is 12.2 Å². The molecular weight excluding hydrogens is 258 g/mol. The molecule has 0 unspecified atom stereocenters. The molecular formula is C13H19N5O2. The van der Waals surface area contributed by atoms with Gasteiger partial charge in [-0.2, -0.15) is 10.2 Å². The molecule has 1 saturated heterocycles. The number of β-amino-alcohol motifs (C(OH)–C–C–N with tert-alkyl or cyclic N) is 1. The Kier molecular flexibility index (Phi) is 3.70. The summed E-state index contributed by atoms with van der Waals surface area (Å²) in [6, 6.07) is 0. The van der Waals surface area contributed by atoms with Crippen LogP contribution in [0.1, 0.15) is 5.56 Å². The summed E-state index contributed by atoms with van der Waals surface area (Å²) in [5, 5.41) is 20.9. The molecule has 0 saturated carbocycles. The van der Waals surface area contributed by atoms with Crippen molar-refractivity contribution in [2.24, 2.45) is 7.05 Å². The molecule has 108 valence electrons. The van der Waals surface area contributed by atoms with Crippen molar-refractivity contribution in [1.82, 2.24) is 24.9 Å². The SMILES string of the molecule is Cn1cc(O[C@@H]2CN(CCc3cn[nH]c3)C[C@H]2O)cn1. The topological polar surface area (TPSA) is 79.2 Å². The van der Waals surface area contributed by atoms with Crippen LogP contribution < -0.4 is 4.74 Å². The predicted octanol–water partition coefficient (Wildman–Crippen LogP) is -0.190. The minimum atomic E-state index is -0.459. The van der Waals surface area contributed by atoms with E-state index >= 15 is 0 Å². The molecule has 1 aliphatic heterocycles. The lowest BCUT2D eigenvalue weighted by Gasteiger charge is -2.15. The highest BCUT2D eigenvalue weighted by atomic mass is 16.5. The molecule has 2 aromatic heterocycles.